The average Bonchev–Trinajstić information content (AvgIpc) is 3.27. The van der Waals surface area contributed by atoms with Crippen molar-refractivity contribution >= 4 is 52.2 Å². The second-order valence-corrected chi connectivity index (χ2v) is 8.37. The zero-order valence-corrected chi connectivity index (χ0v) is 17.7. The van der Waals surface area contributed by atoms with Gasteiger partial charge in [-0.15, -0.1) is 36.2 Å². The van der Waals surface area contributed by atoms with Crippen LogP contribution >= 0.6 is 36.2 Å². The van der Waals surface area contributed by atoms with Crippen LogP contribution in [-0.2, 0) is 17.7 Å². The van der Waals surface area contributed by atoms with Crippen LogP contribution < -0.4 is 10.6 Å². The Labute approximate surface area is 176 Å². The van der Waals surface area contributed by atoms with E-state index < -0.39 is 0 Å². The van der Waals surface area contributed by atoms with E-state index in [0.29, 0.717) is 12.1 Å². The molecule has 27 heavy (non-hydrogen) atoms. The van der Waals surface area contributed by atoms with Crippen molar-refractivity contribution in [3.63, 3.8) is 0 Å². The van der Waals surface area contributed by atoms with Crippen LogP contribution in [0.3, 0.4) is 0 Å². The summed E-state index contributed by atoms with van der Waals surface area (Å²) in [6, 6.07) is 0.773. The standard InChI is InChI=1S/C18H25N5OS.2ClH/c1-2-6-23(7-3-1)14-10-24-9-13(14)22-17-16-12-4-5-19-8-15(12)25-18(16)21-11-20-17;;/h11,13-14,19H,1-10H2,(H,20,21,22);2*1H/t13-,14-;;/m0../s1. The molecule has 2 fully saturated rings. The largest absolute Gasteiger partial charge is 0.378 e. The van der Waals surface area contributed by atoms with E-state index in [1.165, 1.54) is 48.2 Å². The third kappa shape index (κ3) is 4.04. The summed E-state index contributed by atoms with van der Waals surface area (Å²) < 4.78 is 5.85. The highest BCUT2D eigenvalue weighted by atomic mass is 35.5. The minimum absolute atomic E-state index is 0. The molecule has 0 saturated carbocycles. The highest BCUT2D eigenvalue weighted by Crippen LogP contribution is 2.36. The molecule has 2 aromatic heterocycles. The van der Waals surface area contributed by atoms with E-state index in [2.05, 4.69) is 25.5 Å². The summed E-state index contributed by atoms with van der Waals surface area (Å²) in [6.07, 6.45) is 6.75. The Morgan fingerprint density at radius 2 is 2.00 bits per heavy atom. The van der Waals surface area contributed by atoms with Crippen molar-refractivity contribution in [2.24, 2.45) is 0 Å². The van der Waals surface area contributed by atoms with Gasteiger partial charge < -0.3 is 15.4 Å². The predicted octanol–water partition coefficient (Wildman–Crippen LogP) is 2.85. The van der Waals surface area contributed by atoms with Crippen LogP contribution in [0.25, 0.3) is 10.2 Å². The van der Waals surface area contributed by atoms with Gasteiger partial charge in [0.2, 0.25) is 0 Å². The lowest BCUT2D eigenvalue weighted by molar-refractivity contribution is 0.127. The molecule has 2 aromatic rings. The van der Waals surface area contributed by atoms with Gasteiger partial charge in [-0.1, -0.05) is 6.42 Å². The van der Waals surface area contributed by atoms with E-state index in [-0.39, 0.29) is 24.8 Å². The van der Waals surface area contributed by atoms with Crippen molar-refractivity contribution in [1.82, 2.24) is 20.2 Å². The quantitative estimate of drug-likeness (QED) is 0.778. The summed E-state index contributed by atoms with van der Waals surface area (Å²) in [5.41, 5.74) is 1.44. The first-order chi connectivity index (χ1) is 12.4. The van der Waals surface area contributed by atoms with Crippen molar-refractivity contribution < 1.29 is 4.74 Å². The van der Waals surface area contributed by atoms with Gasteiger partial charge in [-0.05, 0) is 44.5 Å². The molecule has 2 N–H and O–H groups in total. The maximum atomic E-state index is 5.85. The van der Waals surface area contributed by atoms with E-state index in [9.17, 15) is 0 Å². The van der Waals surface area contributed by atoms with Crippen LogP contribution in [0, 0.1) is 0 Å². The Bertz CT molecular complexity index is 768. The van der Waals surface area contributed by atoms with Gasteiger partial charge in [0.15, 0.2) is 0 Å². The first-order valence-electron chi connectivity index (χ1n) is 9.44. The molecule has 5 rings (SSSR count). The Balaban J connectivity index is 0.00000105. The smallest absolute Gasteiger partial charge is 0.138 e. The molecule has 150 valence electrons. The number of halogens is 2. The third-order valence-corrected chi connectivity index (χ3v) is 6.88. The zero-order valence-electron chi connectivity index (χ0n) is 15.3. The summed E-state index contributed by atoms with van der Waals surface area (Å²) in [5.74, 6) is 1.00. The average molecular weight is 432 g/mol. The fourth-order valence-corrected chi connectivity index (χ4v) is 5.59. The highest BCUT2D eigenvalue weighted by molar-refractivity contribution is 7.19. The fraction of sp³-hybridized carbons (Fsp3) is 0.667. The molecule has 6 nitrogen and oxygen atoms in total. The van der Waals surface area contributed by atoms with Crippen molar-refractivity contribution in [3.8, 4) is 0 Å². The third-order valence-electron chi connectivity index (χ3n) is 5.74. The first kappa shape index (κ1) is 21.0. The molecule has 0 aliphatic carbocycles. The molecule has 0 spiro atoms. The lowest BCUT2D eigenvalue weighted by Gasteiger charge is -2.34. The molecular weight excluding hydrogens is 405 g/mol. The number of anilines is 1. The number of aromatic nitrogens is 2. The molecular formula is C18H27Cl2N5OS. The second kappa shape index (κ2) is 9.20. The van der Waals surface area contributed by atoms with Crippen LogP contribution in [0.1, 0.15) is 29.7 Å². The summed E-state index contributed by atoms with van der Waals surface area (Å²) in [7, 11) is 0. The second-order valence-electron chi connectivity index (χ2n) is 7.29. The molecule has 0 aromatic carbocycles. The van der Waals surface area contributed by atoms with Crippen LogP contribution in [0.15, 0.2) is 6.33 Å². The predicted molar refractivity (Wildman–Crippen MR) is 115 cm³/mol. The number of rotatable bonds is 3. The molecule has 5 heterocycles. The fourth-order valence-electron chi connectivity index (χ4n) is 4.43. The molecule has 3 aliphatic heterocycles. The van der Waals surface area contributed by atoms with Gasteiger partial charge in [0.25, 0.3) is 0 Å². The molecule has 2 atom stereocenters. The Kier molecular flexibility index (Phi) is 7.16. The molecule has 9 heteroatoms. The SMILES string of the molecule is Cl.Cl.c1nc(N[C@H]2COC[C@@H]2N2CCCCC2)c2c3c(sc2n1)CNCC3. The number of thiophene rings is 1. The number of likely N-dealkylation sites (tertiary alicyclic amines) is 1. The Hall–Kier alpha value is -0.700. The molecule has 2 saturated heterocycles. The number of nitrogens with zero attached hydrogens (tertiary/aromatic N) is 3. The minimum Gasteiger partial charge on any atom is -0.378 e. The number of fused-ring (bicyclic) bond motifs is 3. The van der Waals surface area contributed by atoms with Crippen molar-refractivity contribution in [2.45, 2.75) is 44.3 Å². The van der Waals surface area contributed by atoms with E-state index >= 15 is 0 Å². The molecule has 3 aliphatic rings. The van der Waals surface area contributed by atoms with E-state index in [1.807, 2.05) is 0 Å². The maximum absolute atomic E-state index is 5.85. The molecule has 0 unspecified atom stereocenters. The van der Waals surface area contributed by atoms with Gasteiger partial charge in [-0.2, -0.15) is 0 Å². The lowest BCUT2D eigenvalue weighted by Crippen LogP contribution is -2.48. The number of hydrogen-bond donors (Lipinski definition) is 2. The number of hydrogen-bond acceptors (Lipinski definition) is 7. The van der Waals surface area contributed by atoms with Crippen LogP contribution in [0.4, 0.5) is 5.82 Å². The van der Waals surface area contributed by atoms with Crippen molar-refractivity contribution in [1.29, 1.82) is 0 Å². The summed E-state index contributed by atoms with van der Waals surface area (Å²) in [5, 5.41) is 8.44. The number of ether oxygens (including phenoxy) is 1. The molecule has 0 amide bonds. The van der Waals surface area contributed by atoms with Crippen LogP contribution in [-0.4, -0.2) is 59.8 Å². The monoisotopic (exact) mass is 431 g/mol. The normalized spacial score (nSPS) is 25.5. The summed E-state index contributed by atoms with van der Waals surface area (Å²) >= 11 is 1.81. The van der Waals surface area contributed by atoms with Gasteiger partial charge in [0.05, 0.1) is 30.7 Å². The minimum atomic E-state index is 0. The Morgan fingerprint density at radius 3 is 2.85 bits per heavy atom. The lowest BCUT2D eigenvalue weighted by atomic mass is 10.0. The summed E-state index contributed by atoms with van der Waals surface area (Å²) in [6.45, 7) is 5.99. The van der Waals surface area contributed by atoms with E-state index in [4.69, 9.17) is 4.74 Å². The van der Waals surface area contributed by atoms with Crippen LogP contribution in [0.5, 0.6) is 0 Å². The number of piperidine rings is 1. The van der Waals surface area contributed by atoms with Gasteiger partial charge in [-0.25, -0.2) is 9.97 Å². The maximum Gasteiger partial charge on any atom is 0.138 e. The van der Waals surface area contributed by atoms with Gasteiger partial charge >= 0.3 is 0 Å². The molecule has 0 bridgehead atoms. The topological polar surface area (TPSA) is 62.3 Å². The van der Waals surface area contributed by atoms with Crippen LogP contribution in [0.2, 0.25) is 0 Å². The number of nitrogens with one attached hydrogen (secondary N) is 2. The first-order valence-corrected chi connectivity index (χ1v) is 10.3. The van der Waals surface area contributed by atoms with E-state index in [1.54, 1.807) is 17.7 Å². The van der Waals surface area contributed by atoms with E-state index in [0.717, 1.165) is 43.4 Å². The van der Waals surface area contributed by atoms with Gasteiger partial charge in [-0.3, -0.25) is 4.90 Å². The summed E-state index contributed by atoms with van der Waals surface area (Å²) in [4.78, 5) is 14.3. The molecule has 0 radical (unpaired) electrons. The van der Waals surface area contributed by atoms with Crippen molar-refractivity contribution in [3.05, 3.63) is 16.8 Å². The highest BCUT2D eigenvalue weighted by Gasteiger charge is 2.34. The van der Waals surface area contributed by atoms with Gasteiger partial charge in [0, 0.05) is 11.4 Å². The zero-order chi connectivity index (χ0) is 16.6. The van der Waals surface area contributed by atoms with Gasteiger partial charge in [0.1, 0.15) is 17.0 Å². The van der Waals surface area contributed by atoms with Crippen molar-refractivity contribution in [2.75, 3.05) is 38.2 Å². The Morgan fingerprint density at radius 1 is 1.15 bits per heavy atom.